The third kappa shape index (κ3) is 4.95. The molecule has 0 radical (unpaired) electrons. The summed E-state index contributed by atoms with van der Waals surface area (Å²) < 4.78 is 0. The topological polar surface area (TPSA) is 69.6 Å². The Morgan fingerprint density at radius 1 is 1.00 bits per heavy atom. The highest BCUT2D eigenvalue weighted by Gasteiger charge is 2.17. The zero-order chi connectivity index (χ0) is 20.8. The Balaban J connectivity index is 1.97. The highest BCUT2D eigenvalue weighted by Crippen LogP contribution is 2.30. The molecule has 6 heteroatoms. The van der Waals surface area contributed by atoms with E-state index >= 15 is 0 Å². The van der Waals surface area contributed by atoms with Crippen molar-refractivity contribution in [2.24, 2.45) is 0 Å². The summed E-state index contributed by atoms with van der Waals surface area (Å²) >= 11 is 6.14. The second-order valence-corrected chi connectivity index (χ2v) is 6.88. The fourth-order valence-electron chi connectivity index (χ4n) is 3.05. The number of nitrogens with one attached hydrogen (secondary N) is 1. The first-order chi connectivity index (χ1) is 14.0. The number of hydrogen-bond donors (Lipinski definition) is 2. The monoisotopic (exact) mass is 408 g/mol. The van der Waals surface area contributed by atoms with Gasteiger partial charge in [-0.25, -0.2) is 4.79 Å². The van der Waals surface area contributed by atoms with Crippen LogP contribution in [0.15, 0.2) is 72.8 Å². The van der Waals surface area contributed by atoms with Crippen molar-refractivity contribution >= 4 is 34.9 Å². The summed E-state index contributed by atoms with van der Waals surface area (Å²) in [5.41, 5.74) is 2.69. The normalized spacial score (nSPS) is 10.4. The number of nitrogens with zero attached hydrogens (tertiary/aromatic N) is 1. The lowest BCUT2D eigenvalue weighted by Crippen LogP contribution is -2.24. The first kappa shape index (κ1) is 20.4. The summed E-state index contributed by atoms with van der Waals surface area (Å²) in [4.78, 5) is 26.3. The van der Waals surface area contributed by atoms with Crippen molar-refractivity contribution in [2.45, 2.75) is 13.5 Å². The van der Waals surface area contributed by atoms with E-state index in [1.807, 2.05) is 37.3 Å². The van der Waals surface area contributed by atoms with Crippen LogP contribution < -0.4 is 10.2 Å². The van der Waals surface area contributed by atoms with E-state index in [0.29, 0.717) is 29.4 Å². The molecule has 0 bridgehead atoms. The van der Waals surface area contributed by atoms with Crippen LogP contribution >= 0.6 is 11.6 Å². The standard InChI is InChI=1S/C23H21ClN2O3/c1-2-26(15-16-8-4-3-5-9-16)21-13-12-17(23(28)29)14-20(21)25-22(27)18-10-6-7-11-19(18)24/h3-14H,2,15H2,1H3,(H,25,27)(H,28,29). The minimum Gasteiger partial charge on any atom is -0.478 e. The van der Waals surface area contributed by atoms with E-state index in [1.165, 1.54) is 12.1 Å². The summed E-state index contributed by atoms with van der Waals surface area (Å²) in [5.74, 6) is -1.45. The maximum Gasteiger partial charge on any atom is 0.335 e. The average molecular weight is 409 g/mol. The molecule has 2 N–H and O–H groups in total. The predicted molar refractivity (Wildman–Crippen MR) is 116 cm³/mol. The fraction of sp³-hybridized carbons (Fsp3) is 0.130. The number of hydrogen-bond acceptors (Lipinski definition) is 3. The first-order valence-corrected chi connectivity index (χ1v) is 9.59. The number of halogens is 1. The largest absolute Gasteiger partial charge is 0.478 e. The zero-order valence-electron chi connectivity index (χ0n) is 15.9. The van der Waals surface area contributed by atoms with E-state index in [2.05, 4.69) is 10.2 Å². The van der Waals surface area contributed by atoms with E-state index in [9.17, 15) is 14.7 Å². The van der Waals surface area contributed by atoms with E-state index < -0.39 is 11.9 Å². The quantitative estimate of drug-likeness (QED) is 0.555. The van der Waals surface area contributed by atoms with Crippen LogP contribution in [-0.4, -0.2) is 23.5 Å². The second-order valence-electron chi connectivity index (χ2n) is 6.47. The Hall–Kier alpha value is -3.31. The molecule has 3 aromatic rings. The van der Waals surface area contributed by atoms with E-state index in [1.54, 1.807) is 30.3 Å². The van der Waals surface area contributed by atoms with E-state index in [4.69, 9.17) is 11.6 Å². The molecule has 0 fully saturated rings. The van der Waals surface area contributed by atoms with Crippen LogP contribution in [0.1, 0.15) is 33.2 Å². The van der Waals surface area contributed by atoms with Gasteiger partial charge in [0.15, 0.2) is 0 Å². The lowest BCUT2D eigenvalue weighted by atomic mass is 10.1. The molecule has 0 saturated carbocycles. The van der Waals surface area contributed by atoms with Crippen LogP contribution in [0.3, 0.4) is 0 Å². The Morgan fingerprint density at radius 2 is 1.69 bits per heavy atom. The van der Waals surface area contributed by atoms with Gasteiger partial charge in [0.25, 0.3) is 5.91 Å². The Kier molecular flexibility index (Phi) is 6.52. The molecular weight excluding hydrogens is 388 g/mol. The number of anilines is 2. The molecule has 0 saturated heterocycles. The van der Waals surface area contributed by atoms with Crippen molar-refractivity contribution in [3.63, 3.8) is 0 Å². The van der Waals surface area contributed by atoms with Crippen LogP contribution in [0.4, 0.5) is 11.4 Å². The van der Waals surface area contributed by atoms with Crippen LogP contribution in [0.2, 0.25) is 5.02 Å². The molecule has 0 spiro atoms. The van der Waals surface area contributed by atoms with Gasteiger partial charge in [-0.15, -0.1) is 0 Å². The molecule has 0 unspecified atom stereocenters. The summed E-state index contributed by atoms with van der Waals surface area (Å²) in [6.45, 7) is 3.31. The van der Waals surface area contributed by atoms with Gasteiger partial charge in [-0.1, -0.05) is 54.1 Å². The predicted octanol–water partition coefficient (Wildman–Crippen LogP) is 5.32. The Labute approximate surface area is 174 Å². The van der Waals surface area contributed by atoms with Gasteiger partial charge in [0, 0.05) is 13.1 Å². The highest BCUT2D eigenvalue weighted by molar-refractivity contribution is 6.34. The van der Waals surface area contributed by atoms with Gasteiger partial charge in [0.2, 0.25) is 0 Å². The van der Waals surface area contributed by atoms with Crippen molar-refractivity contribution in [3.8, 4) is 0 Å². The van der Waals surface area contributed by atoms with E-state index in [-0.39, 0.29) is 5.56 Å². The highest BCUT2D eigenvalue weighted by atomic mass is 35.5. The number of carbonyl (C=O) groups is 2. The van der Waals surface area contributed by atoms with Gasteiger partial charge in [-0.05, 0) is 42.8 Å². The molecular formula is C23H21ClN2O3. The van der Waals surface area contributed by atoms with Crippen LogP contribution in [0.5, 0.6) is 0 Å². The fourth-order valence-corrected chi connectivity index (χ4v) is 3.27. The molecule has 0 aliphatic rings. The van der Waals surface area contributed by atoms with Gasteiger partial charge < -0.3 is 15.3 Å². The molecule has 148 valence electrons. The molecule has 5 nitrogen and oxygen atoms in total. The summed E-state index contributed by atoms with van der Waals surface area (Å²) in [5, 5.41) is 12.5. The molecule has 29 heavy (non-hydrogen) atoms. The summed E-state index contributed by atoms with van der Waals surface area (Å²) in [6.07, 6.45) is 0. The lowest BCUT2D eigenvalue weighted by Gasteiger charge is -2.26. The smallest absolute Gasteiger partial charge is 0.335 e. The van der Waals surface area contributed by atoms with Gasteiger partial charge >= 0.3 is 5.97 Å². The number of carboxylic acids is 1. The maximum atomic E-state index is 12.8. The number of carboxylic acid groups (broad SMARTS) is 1. The minimum absolute atomic E-state index is 0.0963. The van der Waals surface area contributed by atoms with Crippen molar-refractivity contribution in [1.82, 2.24) is 0 Å². The van der Waals surface area contributed by atoms with Gasteiger partial charge in [0.05, 0.1) is 27.5 Å². The third-order valence-corrected chi connectivity index (χ3v) is 4.88. The molecule has 1 amide bonds. The third-order valence-electron chi connectivity index (χ3n) is 4.55. The van der Waals surface area contributed by atoms with Crippen molar-refractivity contribution in [3.05, 3.63) is 94.5 Å². The van der Waals surface area contributed by atoms with Gasteiger partial charge in [-0.2, -0.15) is 0 Å². The average Bonchev–Trinajstić information content (AvgIpc) is 2.73. The Morgan fingerprint density at radius 3 is 2.34 bits per heavy atom. The van der Waals surface area contributed by atoms with Gasteiger partial charge in [0.1, 0.15) is 0 Å². The number of amides is 1. The molecule has 0 heterocycles. The molecule has 0 aliphatic heterocycles. The number of carbonyl (C=O) groups excluding carboxylic acids is 1. The number of rotatable bonds is 7. The van der Waals surface area contributed by atoms with E-state index in [0.717, 1.165) is 11.3 Å². The molecule has 3 rings (SSSR count). The maximum absolute atomic E-state index is 12.8. The molecule has 0 aliphatic carbocycles. The zero-order valence-corrected chi connectivity index (χ0v) is 16.7. The number of benzene rings is 3. The van der Waals surface area contributed by atoms with Crippen molar-refractivity contribution < 1.29 is 14.7 Å². The van der Waals surface area contributed by atoms with Crippen molar-refractivity contribution in [1.29, 1.82) is 0 Å². The second kappa shape index (κ2) is 9.26. The summed E-state index contributed by atoms with van der Waals surface area (Å²) in [7, 11) is 0. The Bertz CT molecular complexity index is 1020. The molecule has 0 atom stereocenters. The first-order valence-electron chi connectivity index (χ1n) is 9.21. The lowest BCUT2D eigenvalue weighted by molar-refractivity contribution is 0.0696. The molecule has 0 aromatic heterocycles. The van der Waals surface area contributed by atoms with Crippen LogP contribution in [0.25, 0.3) is 0 Å². The number of aromatic carboxylic acids is 1. The van der Waals surface area contributed by atoms with Crippen molar-refractivity contribution in [2.75, 3.05) is 16.8 Å². The van der Waals surface area contributed by atoms with Crippen LogP contribution in [-0.2, 0) is 6.54 Å². The SMILES string of the molecule is CCN(Cc1ccccc1)c1ccc(C(=O)O)cc1NC(=O)c1ccccc1Cl. The molecule has 3 aromatic carbocycles. The minimum atomic E-state index is -1.06. The summed E-state index contributed by atoms with van der Waals surface area (Å²) in [6, 6.07) is 21.4. The van der Waals surface area contributed by atoms with Crippen LogP contribution in [0, 0.1) is 0 Å². The van der Waals surface area contributed by atoms with Gasteiger partial charge in [-0.3, -0.25) is 4.79 Å².